The van der Waals surface area contributed by atoms with Crippen LogP contribution in [-0.4, -0.2) is 82.0 Å². The van der Waals surface area contributed by atoms with Crippen LogP contribution >= 0.6 is 0 Å². The number of ether oxygens (including phenoxy) is 1. The number of halogens is 3. The van der Waals surface area contributed by atoms with Crippen molar-refractivity contribution in [1.29, 1.82) is 0 Å². The number of piperidine rings is 2. The average molecular weight is 552 g/mol. The van der Waals surface area contributed by atoms with E-state index >= 15 is 0 Å². The SMILES string of the molecule is CC1CCN(C(=O)CN2CC3C(CNCc4cccc(OC(F)(F)F)c4)C3C2)CC1.Cn1cnc(C(=O)O)c1. The second-order valence-corrected chi connectivity index (χ2v) is 10.8. The van der Waals surface area contributed by atoms with E-state index in [1.807, 2.05) is 4.90 Å². The lowest BCUT2D eigenvalue weighted by molar-refractivity contribution is -0.274. The topological polar surface area (TPSA) is 99.9 Å². The molecule has 2 saturated heterocycles. The summed E-state index contributed by atoms with van der Waals surface area (Å²) in [5, 5.41) is 11.7. The molecule has 0 radical (unpaired) electrons. The number of alkyl halides is 3. The maximum atomic E-state index is 12.5. The molecule has 3 aliphatic rings. The normalized spacial score (nSPS) is 23.1. The summed E-state index contributed by atoms with van der Waals surface area (Å²) in [5.74, 6) is 1.67. The van der Waals surface area contributed by atoms with E-state index in [4.69, 9.17) is 5.11 Å². The molecule has 1 aromatic heterocycles. The van der Waals surface area contributed by atoms with Gasteiger partial charge in [-0.3, -0.25) is 9.69 Å². The summed E-state index contributed by atoms with van der Waals surface area (Å²) < 4.78 is 42.6. The molecule has 1 saturated carbocycles. The van der Waals surface area contributed by atoms with Gasteiger partial charge in [-0.25, -0.2) is 9.78 Å². The number of imidazole rings is 1. The van der Waals surface area contributed by atoms with Gasteiger partial charge in [-0.1, -0.05) is 19.1 Å². The Morgan fingerprint density at radius 2 is 1.87 bits per heavy atom. The van der Waals surface area contributed by atoms with Gasteiger partial charge >= 0.3 is 12.3 Å². The number of hydrogen-bond donors (Lipinski definition) is 2. The Morgan fingerprint density at radius 1 is 1.18 bits per heavy atom. The number of carbonyl (C=O) groups is 2. The van der Waals surface area contributed by atoms with Crippen LogP contribution < -0.4 is 10.1 Å². The number of rotatable bonds is 8. The molecular formula is C27H36F3N5O4. The van der Waals surface area contributed by atoms with Crippen LogP contribution in [0.15, 0.2) is 36.8 Å². The fourth-order valence-corrected chi connectivity index (χ4v) is 5.48. The zero-order valence-corrected chi connectivity index (χ0v) is 22.2. The van der Waals surface area contributed by atoms with E-state index in [2.05, 4.69) is 26.9 Å². The standard InChI is InChI=1S/C22H30F3N3O2.C5H6N2O2/c1-15-5-7-28(8-6-15)21(29)14-27-12-19-18(20(19)13-27)11-26-10-16-3-2-4-17(9-16)30-22(23,24)25;1-7-2-4(5(8)9)6-3-7/h2-4,9,15,18-20,26H,5-8,10-14H2,1H3;2-3H,1H3,(H,8,9). The summed E-state index contributed by atoms with van der Waals surface area (Å²) in [6.45, 7) is 7.88. The molecule has 1 amide bonds. The number of aromatic nitrogens is 2. The van der Waals surface area contributed by atoms with Gasteiger partial charge in [0.2, 0.25) is 5.91 Å². The Labute approximate surface area is 225 Å². The molecule has 0 spiro atoms. The number of aryl methyl sites for hydroxylation is 1. The second-order valence-electron chi connectivity index (χ2n) is 10.8. The van der Waals surface area contributed by atoms with Crippen LogP contribution in [0.1, 0.15) is 35.8 Å². The van der Waals surface area contributed by atoms with Crippen LogP contribution in [-0.2, 0) is 18.4 Å². The lowest BCUT2D eigenvalue weighted by atomic mass is 9.99. The number of nitrogens with zero attached hydrogens (tertiary/aromatic N) is 4. The number of hydrogen-bond acceptors (Lipinski definition) is 6. The quantitative estimate of drug-likeness (QED) is 0.520. The summed E-state index contributed by atoms with van der Waals surface area (Å²) >= 11 is 0. The van der Waals surface area contributed by atoms with E-state index in [-0.39, 0.29) is 17.4 Å². The number of carboxylic acids is 1. The predicted octanol–water partition coefficient (Wildman–Crippen LogP) is 3.23. The number of benzene rings is 1. The highest BCUT2D eigenvalue weighted by atomic mass is 19.4. The smallest absolute Gasteiger partial charge is 0.476 e. The number of amides is 1. The molecule has 2 unspecified atom stereocenters. The number of aromatic carboxylic acids is 1. The fraction of sp³-hybridized carbons (Fsp3) is 0.593. The summed E-state index contributed by atoms with van der Waals surface area (Å²) in [4.78, 5) is 30.5. The van der Waals surface area contributed by atoms with Gasteiger partial charge in [0.25, 0.3) is 0 Å². The van der Waals surface area contributed by atoms with Crippen molar-refractivity contribution in [2.75, 3.05) is 39.3 Å². The van der Waals surface area contributed by atoms with Crippen molar-refractivity contribution < 1.29 is 32.6 Å². The molecular weight excluding hydrogens is 515 g/mol. The van der Waals surface area contributed by atoms with Gasteiger partial charge in [0.15, 0.2) is 5.69 Å². The Kier molecular flexibility index (Phi) is 9.16. The third-order valence-corrected chi connectivity index (χ3v) is 7.71. The zero-order chi connectivity index (χ0) is 28.2. The first kappa shape index (κ1) is 28.9. The van der Waals surface area contributed by atoms with Gasteiger partial charge < -0.3 is 24.6 Å². The summed E-state index contributed by atoms with van der Waals surface area (Å²) in [5.41, 5.74) is 0.850. The van der Waals surface area contributed by atoms with Crippen molar-refractivity contribution in [3.05, 3.63) is 48.0 Å². The molecule has 1 aliphatic carbocycles. The van der Waals surface area contributed by atoms with Gasteiger partial charge in [0.05, 0.1) is 12.9 Å². The maximum absolute atomic E-state index is 12.5. The highest BCUT2D eigenvalue weighted by molar-refractivity contribution is 5.84. The molecule has 3 fully saturated rings. The van der Waals surface area contributed by atoms with Crippen LogP contribution in [0.25, 0.3) is 0 Å². The van der Waals surface area contributed by atoms with Crippen molar-refractivity contribution in [3.8, 4) is 5.75 Å². The van der Waals surface area contributed by atoms with Crippen molar-refractivity contribution >= 4 is 11.9 Å². The van der Waals surface area contributed by atoms with Crippen molar-refractivity contribution in [1.82, 2.24) is 24.7 Å². The first-order valence-electron chi connectivity index (χ1n) is 13.3. The summed E-state index contributed by atoms with van der Waals surface area (Å²) in [6, 6.07) is 6.09. The van der Waals surface area contributed by atoms with Crippen LogP contribution in [0.2, 0.25) is 0 Å². The molecule has 2 aromatic rings. The molecule has 12 heteroatoms. The number of carboxylic acid groups (broad SMARTS) is 1. The largest absolute Gasteiger partial charge is 0.573 e. The van der Waals surface area contributed by atoms with Crippen molar-refractivity contribution in [3.63, 3.8) is 0 Å². The minimum atomic E-state index is -4.67. The number of nitrogens with one attached hydrogen (secondary N) is 1. The van der Waals surface area contributed by atoms with Gasteiger partial charge in [-0.05, 0) is 60.8 Å². The van der Waals surface area contributed by atoms with Crippen LogP contribution in [0, 0.1) is 23.7 Å². The summed E-state index contributed by atoms with van der Waals surface area (Å²) in [6.07, 6.45) is 0.439. The number of carbonyl (C=O) groups excluding carboxylic acids is 1. The molecule has 2 aliphatic heterocycles. The molecule has 2 atom stereocenters. The Bertz CT molecular complexity index is 1120. The first-order chi connectivity index (χ1) is 18.5. The van der Waals surface area contributed by atoms with E-state index in [1.165, 1.54) is 24.7 Å². The number of likely N-dealkylation sites (tertiary alicyclic amines) is 2. The van der Waals surface area contributed by atoms with Crippen LogP contribution in [0.3, 0.4) is 0 Å². The lowest BCUT2D eigenvalue weighted by Gasteiger charge is -2.32. The third kappa shape index (κ3) is 8.43. The molecule has 39 heavy (non-hydrogen) atoms. The van der Waals surface area contributed by atoms with Crippen LogP contribution in [0.5, 0.6) is 5.75 Å². The van der Waals surface area contributed by atoms with E-state index < -0.39 is 12.3 Å². The van der Waals surface area contributed by atoms with Gasteiger partial charge in [-0.15, -0.1) is 13.2 Å². The highest BCUT2D eigenvalue weighted by Crippen LogP contribution is 2.51. The van der Waals surface area contributed by atoms with E-state index in [1.54, 1.807) is 23.7 Å². The van der Waals surface area contributed by atoms with Crippen molar-refractivity contribution in [2.24, 2.45) is 30.7 Å². The van der Waals surface area contributed by atoms with E-state index in [0.29, 0.717) is 30.8 Å². The monoisotopic (exact) mass is 551 g/mol. The third-order valence-electron chi connectivity index (χ3n) is 7.71. The molecule has 214 valence electrons. The van der Waals surface area contributed by atoms with E-state index in [9.17, 15) is 22.8 Å². The molecule has 1 aromatic carbocycles. The van der Waals surface area contributed by atoms with Crippen LogP contribution in [0.4, 0.5) is 13.2 Å². The number of fused-ring (bicyclic) bond motifs is 1. The minimum Gasteiger partial charge on any atom is -0.476 e. The molecule has 5 rings (SSSR count). The first-order valence-corrected chi connectivity index (χ1v) is 13.3. The average Bonchev–Trinajstić information content (AvgIpc) is 3.18. The summed E-state index contributed by atoms with van der Waals surface area (Å²) in [7, 11) is 1.72. The Morgan fingerprint density at radius 3 is 2.44 bits per heavy atom. The second kappa shape index (κ2) is 12.4. The van der Waals surface area contributed by atoms with Gasteiger partial charge in [0, 0.05) is 46.0 Å². The zero-order valence-electron chi connectivity index (χ0n) is 22.2. The van der Waals surface area contributed by atoms with E-state index in [0.717, 1.165) is 57.0 Å². The molecule has 0 bridgehead atoms. The minimum absolute atomic E-state index is 0.0810. The predicted molar refractivity (Wildman–Crippen MR) is 137 cm³/mol. The lowest BCUT2D eigenvalue weighted by Crippen LogP contribution is -2.44. The highest BCUT2D eigenvalue weighted by Gasteiger charge is 2.55. The Hall–Kier alpha value is -3.12. The molecule has 9 nitrogen and oxygen atoms in total. The van der Waals surface area contributed by atoms with Gasteiger partial charge in [0.1, 0.15) is 5.75 Å². The Balaban J connectivity index is 0.000000333. The maximum Gasteiger partial charge on any atom is 0.573 e. The molecule has 3 heterocycles. The van der Waals surface area contributed by atoms with Gasteiger partial charge in [-0.2, -0.15) is 0 Å². The molecule has 2 N–H and O–H groups in total. The fourth-order valence-electron chi connectivity index (χ4n) is 5.48. The van der Waals surface area contributed by atoms with Crippen molar-refractivity contribution in [2.45, 2.75) is 32.7 Å².